The fourth-order valence-electron chi connectivity index (χ4n) is 1.62. The molecule has 1 aromatic heterocycles. The van der Waals surface area contributed by atoms with E-state index in [1.54, 1.807) is 0 Å². The largest absolute Gasteiger partial charge is 0.461 e. The number of benzene rings is 1. The van der Waals surface area contributed by atoms with Gasteiger partial charge in [0.25, 0.3) is 0 Å². The number of aromatic amines is 1. The third-order valence-corrected chi connectivity index (χ3v) is 3.07. The SMILES string of the molecule is O=C(OCCCCBr)c1cc2ccccc2[nH]1. The molecule has 0 aliphatic heterocycles. The molecule has 3 nitrogen and oxygen atoms in total. The number of carbonyl (C=O) groups excluding carboxylic acids is 1. The Balaban J connectivity index is 1.99. The van der Waals surface area contributed by atoms with Crippen LogP contribution in [0.3, 0.4) is 0 Å². The van der Waals surface area contributed by atoms with Gasteiger partial charge in [-0.3, -0.25) is 0 Å². The van der Waals surface area contributed by atoms with Gasteiger partial charge < -0.3 is 9.72 Å². The Hall–Kier alpha value is -1.29. The number of hydrogen-bond donors (Lipinski definition) is 1. The molecular weight excluding hydrogens is 282 g/mol. The van der Waals surface area contributed by atoms with Crippen molar-refractivity contribution in [3.63, 3.8) is 0 Å². The van der Waals surface area contributed by atoms with E-state index in [0.29, 0.717) is 12.3 Å². The number of alkyl halides is 1. The van der Waals surface area contributed by atoms with Gasteiger partial charge >= 0.3 is 5.97 Å². The van der Waals surface area contributed by atoms with E-state index in [0.717, 1.165) is 29.1 Å². The molecule has 1 N–H and O–H groups in total. The summed E-state index contributed by atoms with van der Waals surface area (Å²) in [5.41, 5.74) is 1.48. The Morgan fingerprint density at radius 3 is 2.88 bits per heavy atom. The summed E-state index contributed by atoms with van der Waals surface area (Å²) in [6, 6.07) is 9.61. The first-order valence-corrected chi connectivity index (χ1v) is 6.74. The number of hydrogen-bond acceptors (Lipinski definition) is 2. The fourth-order valence-corrected chi connectivity index (χ4v) is 2.02. The van der Waals surface area contributed by atoms with Crippen LogP contribution in [0.15, 0.2) is 30.3 Å². The lowest BCUT2D eigenvalue weighted by Gasteiger charge is -2.01. The van der Waals surface area contributed by atoms with Crippen LogP contribution in [0.5, 0.6) is 0 Å². The molecular formula is C13H14BrNO2. The molecule has 90 valence electrons. The summed E-state index contributed by atoms with van der Waals surface area (Å²) >= 11 is 3.34. The van der Waals surface area contributed by atoms with Crippen LogP contribution < -0.4 is 0 Å². The van der Waals surface area contributed by atoms with E-state index in [-0.39, 0.29) is 5.97 Å². The lowest BCUT2D eigenvalue weighted by atomic mass is 10.2. The molecule has 0 fully saturated rings. The van der Waals surface area contributed by atoms with E-state index in [2.05, 4.69) is 20.9 Å². The first kappa shape index (κ1) is 12.2. The van der Waals surface area contributed by atoms with Crippen molar-refractivity contribution in [2.24, 2.45) is 0 Å². The van der Waals surface area contributed by atoms with Crippen LogP contribution in [0, 0.1) is 0 Å². The average molecular weight is 296 g/mol. The lowest BCUT2D eigenvalue weighted by Crippen LogP contribution is -2.06. The fraction of sp³-hybridized carbons (Fsp3) is 0.308. The highest BCUT2D eigenvalue weighted by Gasteiger charge is 2.09. The minimum atomic E-state index is -0.282. The molecule has 1 aromatic carbocycles. The van der Waals surface area contributed by atoms with E-state index in [4.69, 9.17) is 4.74 Å². The van der Waals surface area contributed by atoms with Gasteiger partial charge in [-0.2, -0.15) is 0 Å². The van der Waals surface area contributed by atoms with Gasteiger partial charge in [-0.25, -0.2) is 4.79 Å². The predicted octanol–water partition coefficient (Wildman–Crippen LogP) is 3.50. The van der Waals surface area contributed by atoms with Crippen LogP contribution >= 0.6 is 15.9 Å². The maximum absolute atomic E-state index is 11.7. The Morgan fingerprint density at radius 1 is 1.29 bits per heavy atom. The number of carbonyl (C=O) groups is 1. The van der Waals surface area contributed by atoms with Crippen LogP contribution in [0.2, 0.25) is 0 Å². The number of unbranched alkanes of at least 4 members (excludes halogenated alkanes) is 1. The zero-order valence-electron chi connectivity index (χ0n) is 9.41. The van der Waals surface area contributed by atoms with Gasteiger partial charge in [0.2, 0.25) is 0 Å². The Bertz CT molecular complexity index is 474. The number of para-hydroxylation sites is 1. The molecule has 0 aliphatic rings. The summed E-state index contributed by atoms with van der Waals surface area (Å²) in [4.78, 5) is 14.8. The number of esters is 1. The van der Waals surface area contributed by atoms with Crippen molar-refractivity contribution in [1.29, 1.82) is 0 Å². The van der Waals surface area contributed by atoms with Crippen molar-refractivity contribution in [3.8, 4) is 0 Å². The first-order chi connectivity index (χ1) is 8.31. The third-order valence-electron chi connectivity index (χ3n) is 2.51. The Kier molecular flexibility index (Phi) is 4.20. The summed E-state index contributed by atoms with van der Waals surface area (Å²) < 4.78 is 5.17. The minimum absolute atomic E-state index is 0.282. The third kappa shape index (κ3) is 3.09. The van der Waals surface area contributed by atoms with Crippen molar-refractivity contribution in [2.75, 3.05) is 11.9 Å². The van der Waals surface area contributed by atoms with E-state index in [9.17, 15) is 4.79 Å². The lowest BCUT2D eigenvalue weighted by molar-refractivity contribution is 0.0494. The molecule has 0 unspecified atom stereocenters. The summed E-state index contributed by atoms with van der Waals surface area (Å²) in [5.74, 6) is -0.282. The molecule has 0 amide bonds. The second-order valence-corrected chi connectivity index (χ2v) is 4.60. The van der Waals surface area contributed by atoms with E-state index >= 15 is 0 Å². The molecule has 0 atom stereocenters. The molecule has 2 aromatic rings. The number of aromatic nitrogens is 1. The van der Waals surface area contributed by atoms with Gasteiger partial charge in [0.05, 0.1) is 6.61 Å². The molecule has 0 saturated heterocycles. The number of fused-ring (bicyclic) bond motifs is 1. The second kappa shape index (κ2) is 5.87. The highest BCUT2D eigenvalue weighted by atomic mass is 79.9. The quantitative estimate of drug-likeness (QED) is 0.521. The molecule has 0 saturated carbocycles. The molecule has 2 rings (SSSR count). The number of halogens is 1. The van der Waals surface area contributed by atoms with Gasteiger partial charge in [0, 0.05) is 16.2 Å². The number of rotatable bonds is 5. The minimum Gasteiger partial charge on any atom is -0.461 e. The first-order valence-electron chi connectivity index (χ1n) is 5.62. The summed E-state index contributed by atoms with van der Waals surface area (Å²) in [7, 11) is 0. The topological polar surface area (TPSA) is 42.1 Å². The highest BCUT2D eigenvalue weighted by molar-refractivity contribution is 9.09. The maximum Gasteiger partial charge on any atom is 0.354 e. The zero-order chi connectivity index (χ0) is 12.1. The van der Waals surface area contributed by atoms with Crippen LogP contribution in [0.1, 0.15) is 23.3 Å². The molecule has 0 spiro atoms. The van der Waals surface area contributed by atoms with E-state index < -0.39 is 0 Å². The van der Waals surface area contributed by atoms with Crippen molar-refractivity contribution in [2.45, 2.75) is 12.8 Å². The number of ether oxygens (including phenoxy) is 1. The number of H-pyrrole nitrogens is 1. The Labute approximate surface area is 108 Å². The van der Waals surface area contributed by atoms with Crippen LogP contribution in [-0.4, -0.2) is 22.9 Å². The van der Waals surface area contributed by atoms with Gasteiger partial charge in [0.1, 0.15) is 5.69 Å². The molecule has 4 heteroatoms. The normalized spacial score (nSPS) is 10.6. The highest BCUT2D eigenvalue weighted by Crippen LogP contribution is 2.15. The van der Waals surface area contributed by atoms with Crippen LogP contribution in [0.4, 0.5) is 0 Å². The smallest absolute Gasteiger partial charge is 0.354 e. The standard InChI is InChI=1S/C13H14BrNO2/c14-7-3-4-8-17-13(16)12-9-10-5-1-2-6-11(10)15-12/h1-2,5-6,9,15H,3-4,7-8H2. The van der Waals surface area contributed by atoms with Crippen molar-refractivity contribution >= 4 is 32.8 Å². The van der Waals surface area contributed by atoms with Gasteiger partial charge in [-0.15, -0.1) is 0 Å². The van der Waals surface area contributed by atoms with Crippen molar-refractivity contribution in [1.82, 2.24) is 4.98 Å². The van der Waals surface area contributed by atoms with Gasteiger partial charge in [-0.05, 0) is 25.0 Å². The Morgan fingerprint density at radius 2 is 2.12 bits per heavy atom. The van der Waals surface area contributed by atoms with E-state index in [1.807, 2.05) is 30.3 Å². The van der Waals surface area contributed by atoms with E-state index in [1.165, 1.54) is 0 Å². The second-order valence-electron chi connectivity index (χ2n) is 3.80. The summed E-state index contributed by atoms with van der Waals surface area (Å²) in [6.45, 7) is 0.472. The van der Waals surface area contributed by atoms with Crippen molar-refractivity contribution in [3.05, 3.63) is 36.0 Å². The van der Waals surface area contributed by atoms with Crippen LogP contribution in [-0.2, 0) is 4.74 Å². The molecule has 17 heavy (non-hydrogen) atoms. The zero-order valence-corrected chi connectivity index (χ0v) is 11.0. The van der Waals surface area contributed by atoms with Crippen molar-refractivity contribution < 1.29 is 9.53 Å². The van der Waals surface area contributed by atoms with Gasteiger partial charge in [-0.1, -0.05) is 34.1 Å². The van der Waals surface area contributed by atoms with Crippen LogP contribution in [0.25, 0.3) is 10.9 Å². The summed E-state index contributed by atoms with van der Waals surface area (Å²) in [6.07, 6.45) is 1.90. The number of nitrogens with one attached hydrogen (secondary N) is 1. The predicted molar refractivity (Wildman–Crippen MR) is 71.6 cm³/mol. The molecule has 0 radical (unpaired) electrons. The molecule has 0 aliphatic carbocycles. The monoisotopic (exact) mass is 295 g/mol. The molecule has 0 bridgehead atoms. The summed E-state index contributed by atoms with van der Waals surface area (Å²) in [5, 5.41) is 1.97. The molecule has 1 heterocycles. The maximum atomic E-state index is 11.7. The van der Waals surface area contributed by atoms with Gasteiger partial charge in [0.15, 0.2) is 0 Å². The average Bonchev–Trinajstić information content (AvgIpc) is 2.78.